The fraction of sp³-hybridized carbons (Fsp3) is 0.550. The Morgan fingerprint density at radius 1 is 1.04 bits per heavy atom. The molecular weight excluding hydrogens is 364 g/mol. The first-order valence-electron chi connectivity index (χ1n) is 9.18. The molecule has 2 amide bonds. The third-order valence-corrected chi connectivity index (χ3v) is 3.71. The second-order valence-corrected chi connectivity index (χ2v) is 8.10. The van der Waals surface area contributed by atoms with E-state index in [9.17, 15) is 24.6 Å². The Balaban J connectivity index is 2.96. The number of rotatable bonds is 8. The molecule has 8 nitrogen and oxygen atoms in total. The van der Waals surface area contributed by atoms with Crippen molar-refractivity contribution in [2.45, 2.75) is 65.1 Å². The number of carboxylic acids is 1. The van der Waals surface area contributed by atoms with Gasteiger partial charge in [0.15, 0.2) is 0 Å². The van der Waals surface area contributed by atoms with Gasteiger partial charge in [-0.15, -0.1) is 0 Å². The first-order chi connectivity index (χ1) is 12.9. The summed E-state index contributed by atoms with van der Waals surface area (Å²) >= 11 is 0. The summed E-state index contributed by atoms with van der Waals surface area (Å²) in [5, 5.41) is 23.8. The number of hydrogen-bond acceptors (Lipinski definition) is 5. The number of amides is 2. The van der Waals surface area contributed by atoms with Gasteiger partial charge in [0, 0.05) is 6.42 Å². The number of phenolic OH excluding ortho intramolecular Hbond substituents is 1. The van der Waals surface area contributed by atoms with Crippen LogP contribution in [0.5, 0.6) is 5.75 Å². The summed E-state index contributed by atoms with van der Waals surface area (Å²) in [5.74, 6) is -1.61. The minimum Gasteiger partial charge on any atom is -0.508 e. The highest BCUT2D eigenvalue weighted by Crippen LogP contribution is 2.13. The minimum absolute atomic E-state index is 0.0655. The second kappa shape index (κ2) is 9.96. The molecule has 0 unspecified atom stereocenters. The highest BCUT2D eigenvalue weighted by atomic mass is 16.6. The van der Waals surface area contributed by atoms with E-state index in [0.717, 1.165) is 0 Å². The Morgan fingerprint density at radius 3 is 2.07 bits per heavy atom. The molecule has 0 radical (unpaired) electrons. The van der Waals surface area contributed by atoms with Crippen LogP contribution in [0, 0.1) is 5.92 Å². The average Bonchev–Trinajstić information content (AvgIpc) is 2.53. The highest BCUT2D eigenvalue weighted by Gasteiger charge is 2.28. The number of hydrogen-bond donors (Lipinski definition) is 4. The smallest absolute Gasteiger partial charge is 0.408 e. The molecule has 2 atom stereocenters. The summed E-state index contributed by atoms with van der Waals surface area (Å²) < 4.78 is 5.21. The van der Waals surface area contributed by atoms with E-state index in [4.69, 9.17) is 4.74 Å². The monoisotopic (exact) mass is 394 g/mol. The van der Waals surface area contributed by atoms with E-state index in [2.05, 4.69) is 10.6 Å². The van der Waals surface area contributed by atoms with Crippen LogP contribution in [0.15, 0.2) is 24.3 Å². The van der Waals surface area contributed by atoms with Crippen molar-refractivity contribution in [3.63, 3.8) is 0 Å². The molecule has 4 N–H and O–H groups in total. The normalized spacial score (nSPS) is 13.5. The van der Waals surface area contributed by atoms with Gasteiger partial charge in [-0.05, 0) is 50.8 Å². The molecule has 0 aliphatic heterocycles. The van der Waals surface area contributed by atoms with Crippen LogP contribution in [0.4, 0.5) is 4.79 Å². The molecule has 0 aromatic heterocycles. The zero-order valence-corrected chi connectivity index (χ0v) is 17.0. The van der Waals surface area contributed by atoms with E-state index >= 15 is 0 Å². The molecule has 156 valence electrons. The van der Waals surface area contributed by atoms with Crippen molar-refractivity contribution in [1.82, 2.24) is 10.6 Å². The Kier molecular flexibility index (Phi) is 8.28. The number of alkyl carbamates (subject to hydrolysis) is 1. The fourth-order valence-electron chi connectivity index (χ4n) is 2.49. The summed E-state index contributed by atoms with van der Waals surface area (Å²) in [4.78, 5) is 36.3. The van der Waals surface area contributed by atoms with Crippen molar-refractivity contribution in [1.29, 1.82) is 0 Å². The third kappa shape index (κ3) is 8.75. The van der Waals surface area contributed by atoms with Gasteiger partial charge in [-0.25, -0.2) is 9.59 Å². The lowest BCUT2D eigenvalue weighted by molar-refractivity contribution is -0.142. The number of aliphatic carboxylic acids is 1. The van der Waals surface area contributed by atoms with Gasteiger partial charge in [-0.1, -0.05) is 26.0 Å². The molecule has 0 aliphatic carbocycles. The molecule has 0 fully saturated rings. The van der Waals surface area contributed by atoms with Crippen LogP contribution < -0.4 is 10.6 Å². The van der Waals surface area contributed by atoms with E-state index in [0.29, 0.717) is 5.56 Å². The molecule has 0 bridgehead atoms. The number of carbonyl (C=O) groups excluding carboxylic acids is 2. The highest BCUT2D eigenvalue weighted by molar-refractivity contribution is 5.89. The molecule has 1 aromatic rings. The number of aromatic hydroxyl groups is 1. The molecular formula is C20H30N2O6. The van der Waals surface area contributed by atoms with Crippen LogP contribution in [0.3, 0.4) is 0 Å². The van der Waals surface area contributed by atoms with E-state index in [1.165, 1.54) is 12.1 Å². The third-order valence-electron chi connectivity index (χ3n) is 3.71. The van der Waals surface area contributed by atoms with Crippen molar-refractivity contribution < 1.29 is 29.3 Å². The maximum Gasteiger partial charge on any atom is 0.408 e. The lowest BCUT2D eigenvalue weighted by Gasteiger charge is -2.25. The summed E-state index contributed by atoms with van der Waals surface area (Å²) in [6, 6.07) is 4.08. The van der Waals surface area contributed by atoms with Gasteiger partial charge in [-0.2, -0.15) is 0 Å². The lowest BCUT2D eigenvalue weighted by atomic mass is 10.0. The van der Waals surface area contributed by atoms with Crippen molar-refractivity contribution in [3.8, 4) is 5.75 Å². The zero-order chi connectivity index (χ0) is 21.5. The van der Waals surface area contributed by atoms with Gasteiger partial charge in [-0.3, -0.25) is 4.79 Å². The van der Waals surface area contributed by atoms with Gasteiger partial charge in [0.05, 0.1) is 0 Å². The Morgan fingerprint density at radius 2 is 1.61 bits per heavy atom. The minimum atomic E-state index is -1.14. The van der Waals surface area contributed by atoms with Crippen molar-refractivity contribution in [3.05, 3.63) is 29.8 Å². The Bertz CT molecular complexity index is 679. The maximum absolute atomic E-state index is 12.7. The zero-order valence-electron chi connectivity index (χ0n) is 17.0. The van der Waals surface area contributed by atoms with Crippen molar-refractivity contribution in [2.24, 2.45) is 5.92 Å². The van der Waals surface area contributed by atoms with Crippen molar-refractivity contribution in [2.75, 3.05) is 0 Å². The van der Waals surface area contributed by atoms with Gasteiger partial charge in [0.1, 0.15) is 23.4 Å². The average molecular weight is 394 g/mol. The number of benzene rings is 1. The fourth-order valence-corrected chi connectivity index (χ4v) is 2.49. The van der Waals surface area contributed by atoms with Crippen LogP contribution in [-0.4, -0.2) is 45.9 Å². The molecule has 0 spiro atoms. The first kappa shape index (κ1) is 23.3. The first-order valence-corrected chi connectivity index (χ1v) is 9.18. The van der Waals surface area contributed by atoms with E-state index in [-0.39, 0.29) is 24.5 Å². The number of carboxylic acid groups (broad SMARTS) is 1. The van der Waals surface area contributed by atoms with E-state index in [1.54, 1.807) is 32.9 Å². The van der Waals surface area contributed by atoms with Gasteiger partial charge < -0.3 is 25.6 Å². The topological polar surface area (TPSA) is 125 Å². The molecule has 28 heavy (non-hydrogen) atoms. The van der Waals surface area contributed by atoms with Crippen LogP contribution in [0.2, 0.25) is 0 Å². The number of phenols is 1. The summed E-state index contributed by atoms with van der Waals surface area (Å²) in [6.07, 6.45) is -0.402. The summed E-state index contributed by atoms with van der Waals surface area (Å²) in [6.45, 7) is 8.81. The predicted octanol–water partition coefficient (Wildman–Crippen LogP) is 2.44. The molecule has 0 aliphatic rings. The van der Waals surface area contributed by atoms with Gasteiger partial charge in [0.2, 0.25) is 5.91 Å². The molecule has 0 heterocycles. The number of nitrogens with one attached hydrogen (secondary N) is 2. The SMILES string of the molecule is CC(C)C[C@H](NC(=O)[C@H](Cc1ccc(O)cc1)NC(=O)OC(C)(C)C)C(=O)O. The molecule has 1 aromatic carbocycles. The maximum atomic E-state index is 12.7. The van der Waals surface area contributed by atoms with Crippen LogP contribution in [-0.2, 0) is 20.7 Å². The Labute approximate surface area is 165 Å². The molecule has 0 saturated carbocycles. The Hall–Kier alpha value is -2.77. The van der Waals surface area contributed by atoms with Crippen LogP contribution >= 0.6 is 0 Å². The summed E-state index contributed by atoms with van der Waals surface area (Å²) in [7, 11) is 0. The predicted molar refractivity (Wildman–Crippen MR) is 104 cm³/mol. The molecule has 8 heteroatoms. The number of carbonyl (C=O) groups is 3. The molecule has 0 saturated heterocycles. The standard InChI is InChI=1S/C20H30N2O6/c1-12(2)10-16(18(25)26)21-17(24)15(22-19(27)28-20(3,4)5)11-13-6-8-14(23)9-7-13/h6-9,12,15-16,23H,10-11H2,1-5H3,(H,21,24)(H,22,27)(H,25,26)/t15-,16-/m0/s1. The summed E-state index contributed by atoms with van der Waals surface area (Å²) in [5.41, 5.74) is -0.0602. The quantitative estimate of drug-likeness (QED) is 0.537. The molecule has 1 rings (SSSR count). The van der Waals surface area contributed by atoms with Gasteiger partial charge in [0.25, 0.3) is 0 Å². The van der Waals surface area contributed by atoms with Crippen molar-refractivity contribution >= 4 is 18.0 Å². The van der Waals surface area contributed by atoms with Gasteiger partial charge >= 0.3 is 12.1 Å². The lowest BCUT2D eigenvalue weighted by Crippen LogP contribution is -2.53. The number of ether oxygens (including phenoxy) is 1. The van der Waals surface area contributed by atoms with E-state index in [1.807, 2.05) is 13.8 Å². The van der Waals surface area contributed by atoms with Crippen LogP contribution in [0.1, 0.15) is 46.6 Å². The van der Waals surface area contributed by atoms with E-state index < -0.39 is 35.7 Å². The largest absolute Gasteiger partial charge is 0.508 e. The van der Waals surface area contributed by atoms with Crippen LogP contribution in [0.25, 0.3) is 0 Å². The second-order valence-electron chi connectivity index (χ2n) is 8.10.